The van der Waals surface area contributed by atoms with Gasteiger partial charge in [0.05, 0.1) is 0 Å². The van der Waals surface area contributed by atoms with Crippen molar-refractivity contribution in [3.8, 4) is 0 Å². The van der Waals surface area contributed by atoms with Gasteiger partial charge < -0.3 is 5.32 Å². The zero-order valence-electron chi connectivity index (χ0n) is 11.4. The van der Waals surface area contributed by atoms with Crippen LogP contribution in [0, 0.1) is 6.92 Å². The molecule has 0 amide bonds. The Labute approximate surface area is 114 Å². The van der Waals surface area contributed by atoms with Crippen molar-refractivity contribution in [2.45, 2.75) is 38.8 Å². The van der Waals surface area contributed by atoms with Crippen LogP contribution in [0.1, 0.15) is 41.1 Å². The summed E-state index contributed by atoms with van der Waals surface area (Å²) in [6, 6.07) is 13.2. The molecule has 2 heteroatoms. The molecule has 1 saturated carbocycles. The molecule has 0 saturated heterocycles. The zero-order valence-corrected chi connectivity index (χ0v) is 11.4. The van der Waals surface area contributed by atoms with E-state index in [1.807, 2.05) is 13.1 Å². The first kappa shape index (κ1) is 12.4. The number of rotatable bonds is 5. The second-order valence-corrected chi connectivity index (χ2v) is 5.43. The number of aromatic nitrogens is 1. The normalized spacial score (nSPS) is 14.6. The number of pyridine rings is 1. The summed E-state index contributed by atoms with van der Waals surface area (Å²) in [5.41, 5.74) is 5.20. The maximum Gasteiger partial charge on any atom is 0.0372 e. The van der Waals surface area contributed by atoms with Gasteiger partial charge in [0.2, 0.25) is 0 Å². The molecule has 1 aromatic carbocycles. The van der Waals surface area contributed by atoms with Crippen molar-refractivity contribution in [3.05, 3.63) is 65.0 Å². The van der Waals surface area contributed by atoms with E-state index in [0.717, 1.165) is 24.7 Å². The molecule has 1 aromatic heterocycles. The Kier molecular flexibility index (Phi) is 3.60. The fraction of sp³-hybridized carbons (Fsp3) is 0.353. The Balaban J connectivity index is 1.54. The van der Waals surface area contributed by atoms with Gasteiger partial charge in [0, 0.05) is 25.0 Å². The standard InChI is InChI=1S/C17H20N2/c1-13-5-6-15(12-19-13)11-18-10-14-3-2-4-17(9-14)16-7-8-16/h2-6,9,12,16,18H,7-8,10-11H2,1H3. The molecule has 0 aliphatic heterocycles. The van der Waals surface area contributed by atoms with Gasteiger partial charge in [-0.1, -0.05) is 30.3 Å². The monoisotopic (exact) mass is 252 g/mol. The van der Waals surface area contributed by atoms with Crippen LogP contribution in [0.25, 0.3) is 0 Å². The lowest BCUT2D eigenvalue weighted by atomic mass is 10.1. The fourth-order valence-electron chi connectivity index (χ4n) is 2.33. The number of aryl methyl sites for hydroxylation is 1. The molecule has 0 unspecified atom stereocenters. The Morgan fingerprint density at radius 2 is 1.95 bits per heavy atom. The molecule has 1 fully saturated rings. The van der Waals surface area contributed by atoms with Crippen LogP contribution in [-0.4, -0.2) is 4.98 Å². The summed E-state index contributed by atoms with van der Waals surface area (Å²) in [7, 11) is 0. The van der Waals surface area contributed by atoms with Crippen LogP contribution >= 0.6 is 0 Å². The molecule has 2 nitrogen and oxygen atoms in total. The van der Waals surface area contributed by atoms with Crippen molar-refractivity contribution in [1.29, 1.82) is 0 Å². The third-order valence-electron chi connectivity index (χ3n) is 3.63. The van der Waals surface area contributed by atoms with Gasteiger partial charge in [0.25, 0.3) is 0 Å². The molecule has 0 radical (unpaired) electrons. The SMILES string of the molecule is Cc1ccc(CNCc2cccc(C3CC3)c2)cn1. The first-order chi connectivity index (χ1) is 9.31. The van der Waals surface area contributed by atoms with Crippen LogP contribution in [0.5, 0.6) is 0 Å². The molecule has 19 heavy (non-hydrogen) atoms. The fourth-order valence-corrected chi connectivity index (χ4v) is 2.33. The molecular weight excluding hydrogens is 232 g/mol. The Hall–Kier alpha value is -1.67. The van der Waals surface area contributed by atoms with Crippen LogP contribution in [0.2, 0.25) is 0 Å². The lowest BCUT2D eigenvalue weighted by molar-refractivity contribution is 0.690. The Bertz CT molecular complexity index is 541. The first-order valence-corrected chi connectivity index (χ1v) is 7.02. The van der Waals surface area contributed by atoms with Crippen molar-refractivity contribution in [3.63, 3.8) is 0 Å². The molecule has 1 aliphatic rings. The van der Waals surface area contributed by atoms with Crippen LogP contribution in [0.3, 0.4) is 0 Å². The second kappa shape index (κ2) is 5.54. The van der Waals surface area contributed by atoms with E-state index in [9.17, 15) is 0 Å². The predicted octanol–water partition coefficient (Wildman–Crippen LogP) is 3.56. The average Bonchev–Trinajstić information content (AvgIpc) is 3.26. The van der Waals surface area contributed by atoms with Crippen molar-refractivity contribution in [1.82, 2.24) is 10.3 Å². The summed E-state index contributed by atoms with van der Waals surface area (Å²) in [6.45, 7) is 3.82. The highest BCUT2D eigenvalue weighted by molar-refractivity contribution is 5.29. The van der Waals surface area contributed by atoms with Crippen LogP contribution in [0.4, 0.5) is 0 Å². The lowest BCUT2D eigenvalue weighted by Gasteiger charge is -2.07. The van der Waals surface area contributed by atoms with Gasteiger partial charge in [0.1, 0.15) is 0 Å². The summed E-state index contributed by atoms with van der Waals surface area (Å²) in [4.78, 5) is 4.31. The number of hydrogen-bond donors (Lipinski definition) is 1. The molecule has 2 aromatic rings. The lowest BCUT2D eigenvalue weighted by Crippen LogP contribution is -2.13. The van der Waals surface area contributed by atoms with Gasteiger partial charge in [-0.25, -0.2) is 0 Å². The molecular formula is C17H20N2. The zero-order chi connectivity index (χ0) is 13.1. The Morgan fingerprint density at radius 3 is 2.68 bits per heavy atom. The third kappa shape index (κ3) is 3.42. The minimum absolute atomic E-state index is 0.834. The predicted molar refractivity (Wildman–Crippen MR) is 77.9 cm³/mol. The smallest absolute Gasteiger partial charge is 0.0372 e. The van der Waals surface area contributed by atoms with E-state index < -0.39 is 0 Å². The van der Waals surface area contributed by atoms with Crippen LogP contribution in [-0.2, 0) is 13.1 Å². The van der Waals surface area contributed by atoms with E-state index in [2.05, 4.69) is 46.7 Å². The summed E-state index contributed by atoms with van der Waals surface area (Å²) in [6.07, 6.45) is 4.68. The highest BCUT2D eigenvalue weighted by Crippen LogP contribution is 2.40. The maximum atomic E-state index is 4.31. The quantitative estimate of drug-likeness (QED) is 0.880. The molecule has 3 rings (SSSR count). The summed E-state index contributed by atoms with van der Waals surface area (Å²) in [5, 5.41) is 3.48. The van der Waals surface area contributed by atoms with Crippen molar-refractivity contribution >= 4 is 0 Å². The number of nitrogens with zero attached hydrogens (tertiary/aromatic N) is 1. The topological polar surface area (TPSA) is 24.9 Å². The average molecular weight is 252 g/mol. The van der Waals surface area contributed by atoms with E-state index >= 15 is 0 Å². The molecule has 1 heterocycles. The van der Waals surface area contributed by atoms with Gasteiger partial charge in [-0.2, -0.15) is 0 Å². The van der Waals surface area contributed by atoms with Crippen molar-refractivity contribution in [2.24, 2.45) is 0 Å². The molecule has 98 valence electrons. The molecule has 0 bridgehead atoms. The number of benzene rings is 1. The largest absolute Gasteiger partial charge is 0.309 e. The molecule has 1 N–H and O–H groups in total. The minimum atomic E-state index is 0.834. The van der Waals surface area contributed by atoms with E-state index in [4.69, 9.17) is 0 Å². The van der Waals surface area contributed by atoms with E-state index in [-0.39, 0.29) is 0 Å². The summed E-state index contributed by atoms with van der Waals surface area (Å²) in [5.74, 6) is 0.834. The second-order valence-electron chi connectivity index (χ2n) is 5.43. The summed E-state index contributed by atoms with van der Waals surface area (Å²) < 4.78 is 0. The van der Waals surface area contributed by atoms with Crippen LogP contribution < -0.4 is 5.32 Å². The van der Waals surface area contributed by atoms with E-state index in [1.54, 1.807) is 0 Å². The highest BCUT2D eigenvalue weighted by Gasteiger charge is 2.23. The third-order valence-corrected chi connectivity index (χ3v) is 3.63. The van der Waals surface area contributed by atoms with Crippen molar-refractivity contribution < 1.29 is 0 Å². The minimum Gasteiger partial charge on any atom is -0.309 e. The first-order valence-electron chi connectivity index (χ1n) is 7.02. The van der Waals surface area contributed by atoms with Gasteiger partial charge in [0.15, 0.2) is 0 Å². The van der Waals surface area contributed by atoms with Gasteiger partial charge in [-0.3, -0.25) is 4.98 Å². The molecule has 0 atom stereocenters. The number of nitrogens with one attached hydrogen (secondary N) is 1. The van der Waals surface area contributed by atoms with Crippen molar-refractivity contribution in [2.75, 3.05) is 0 Å². The van der Waals surface area contributed by atoms with Crippen LogP contribution in [0.15, 0.2) is 42.6 Å². The summed E-state index contributed by atoms with van der Waals surface area (Å²) >= 11 is 0. The van der Waals surface area contributed by atoms with E-state index in [1.165, 1.54) is 29.5 Å². The molecule has 1 aliphatic carbocycles. The van der Waals surface area contributed by atoms with Gasteiger partial charge >= 0.3 is 0 Å². The van der Waals surface area contributed by atoms with E-state index in [0.29, 0.717) is 0 Å². The Morgan fingerprint density at radius 1 is 1.11 bits per heavy atom. The van der Waals surface area contributed by atoms with Gasteiger partial charge in [-0.05, 0) is 48.4 Å². The highest BCUT2D eigenvalue weighted by atomic mass is 14.8. The van der Waals surface area contributed by atoms with Gasteiger partial charge in [-0.15, -0.1) is 0 Å². The maximum absolute atomic E-state index is 4.31. The molecule has 0 spiro atoms. The number of hydrogen-bond acceptors (Lipinski definition) is 2.